The van der Waals surface area contributed by atoms with Gasteiger partial charge < -0.3 is 0 Å². The highest BCUT2D eigenvalue weighted by molar-refractivity contribution is 9.10. The van der Waals surface area contributed by atoms with Crippen LogP contribution in [0.3, 0.4) is 0 Å². The van der Waals surface area contributed by atoms with Gasteiger partial charge in [-0.05, 0) is 34.7 Å². The quantitative estimate of drug-likeness (QED) is 0.841. The molecule has 0 saturated heterocycles. The van der Waals surface area contributed by atoms with E-state index in [0.29, 0.717) is 5.69 Å². The number of hydrogen-bond acceptors (Lipinski definition) is 5. The van der Waals surface area contributed by atoms with E-state index < -0.39 is 10.0 Å². The van der Waals surface area contributed by atoms with Gasteiger partial charge in [-0.15, -0.1) is 5.10 Å². The zero-order valence-electron chi connectivity index (χ0n) is 8.49. The summed E-state index contributed by atoms with van der Waals surface area (Å²) in [6, 6.07) is 6.69. The highest BCUT2D eigenvalue weighted by Gasteiger charge is 2.07. The minimum Gasteiger partial charge on any atom is -0.283 e. The van der Waals surface area contributed by atoms with Crippen molar-refractivity contribution in [2.24, 2.45) is 0 Å². The lowest BCUT2D eigenvalue weighted by atomic mass is 10.3. The summed E-state index contributed by atoms with van der Waals surface area (Å²) < 4.78 is 26.3. The Hall–Kier alpha value is -1.48. The fourth-order valence-corrected chi connectivity index (χ4v) is 2.06. The molecule has 1 aromatic carbocycles. The summed E-state index contributed by atoms with van der Waals surface area (Å²) in [5.41, 5.74) is 1.23. The molecule has 0 aliphatic heterocycles. The number of alkyl halides is 1. The van der Waals surface area contributed by atoms with Crippen LogP contribution in [0.4, 0.5) is 5.69 Å². The second kappa shape index (κ2) is 4.80. The fraction of sp³-hybridized carbons (Fsp3) is 0.125. The van der Waals surface area contributed by atoms with Gasteiger partial charge in [-0.2, -0.15) is 0 Å². The van der Waals surface area contributed by atoms with E-state index >= 15 is 0 Å². The van der Waals surface area contributed by atoms with Gasteiger partial charge >= 0.3 is 0 Å². The van der Waals surface area contributed by atoms with Crippen molar-refractivity contribution < 1.29 is 8.42 Å². The number of anilines is 1. The first-order valence-corrected chi connectivity index (χ1v) is 7.28. The molecule has 90 valence electrons. The Morgan fingerprint density at radius 1 is 1.29 bits per heavy atom. The number of nitrogens with zero attached hydrogens (tertiary/aromatic N) is 4. The van der Waals surface area contributed by atoms with Crippen LogP contribution in [0.15, 0.2) is 30.6 Å². The van der Waals surface area contributed by atoms with Gasteiger partial charge in [0.15, 0.2) is 0 Å². The summed E-state index contributed by atoms with van der Waals surface area (Å²) >= 11 is 2.89. The van der Waals surface area contributed by atoms with Crippen LogP contribution >= 0.6 is 15.9 Å². The fourth-order valence-electron chi connectivity index (χ4n) is 1.17. The summed E-state index contributed by atoms with van der Waals surface area (Å²) in [6.45, 7) is 0. The van der Waals surface area contributed by atoms with Crippen LogP contribution in [0.2, 0.25) is 0 Å². The number of hydrogen-bond donors (Lipinski definition) is 1. The lowest BCUT2D eigenvalue weighted by Gasteiger charge is -2.05. The van der Waals surface area contributed by atoms with Crippen LogP contribution in [0.25, 0.3) is 5.69 Å². The molecule has 0 fully saturated rings. The number of halogens is 1. The van der Waals surface area contributed by atoms with Crippen molar-refractivity contribution in [1.82, 2.24) is 20.2 Å². The Bertz CT molecular complexity index is 581. The van der Waals surface area contributed by atoms with Gasteiger partial charge in [0.25, 0.3) is 0 Å². The van der Waals surface area contributed by atoms with Crippen LogP contribution in [0, 0.1) is 0 Å². The van der Waals surface area contributed by atoms with Crippen molar-refractivity contribution in [3.05, 3.63) is 30.6 Å². The molecule has 0 unspecified atom stereocenters. The topological polar surface area (TPSA) is 89.8 Å². The number of tetrazole rings is 1. The second-order valence-electron chi connectivity index (χ2n) is 3.13. The Morgan fingerprint density at radius 3 is 2.53 bits per heavy atom. The minimum atomic E-state index is -3.32. The molecule has 7 nitrogen and oxygen atoms in total. The van der Waals surface area contributed by atoms with Crippen LogP contribution in [0.5, 0.6) is 0 Å². The third-order valence-corrected chi connectivity index (χ3v) is 4.54. The van der Waals surface area contributed by atoms with Crippen molar-refractivity contribution in [3.8, 4) is 5.69 Å². The first-order chi connectivity index (χ1) is 8.11. The number of nitrogens with one attached hydrogen (secondary N) is 1. The monoisotopic (exact) mass is 317 g/mol. The predicted molar refractivity (Wildman–Crippen MR) is 65.5 cm³/mol. The van der Waals surface area contributed by atoms with E-state index in [1.54, 1.807) is 24.3 Å². The Morgan fingerprint density at radius 2 is 2.00 bits per heavy atom. The molecule has 0 spiro atoms. The Balaban J connectivity index is 2.19. The van der Waals surface area contributed by atoms with Crippen LogP contribution < -0.4 is 4.72 Å². The summed E-state index contributed by atoms with van der Waals surface area (Å²) in [5.74, 6) is 0. The van der Waals surface area contributed by atoms with Gasteiger partial charge in [0.1, 0.15) is 11.0 Å². The van der Waals surface area contributed by atoms with Gasteiger partial charge in [0.2, 0.25) is 10.0 Å². The number of aromatic nitrogens is 4. The van der Waals surface area contributed by atoms with Crippen LogP contribution in [-0.2, 0) is 10.0 Å². The molecule has 2 aromatic rings. The molecule has 17 heavy (non-hydrogen) atoms. The van der Waals surface area contributed by atoms with E-state index in [4.69, 9.17) is 0 Å². The summed E-state index contributed by atoms with van der Waals surface area (Å²) in [7, 11) is -3.32. The van der Waals surface area contributed by atoms with E-state index in [1.807, 2.05) is 0 Å². The highest BCUT2D eigenvalue weighted by atomic mass is 79.9. The smallest absolute Gasteiger partial charge is 0.242 e. The Kier molecular flexibility index (Phi) is 3.38. The molecule has 0 saturated carbocycles. The molecule has 1 N–H and O–H groups in total. The zero-order chi connectivity index (χ0) is 12.3. The predicted octanol–water partition coefficient (Wildman–Crippen LogP) is 0.756. The summed E-state index contributed by atoms with van der Waals surface area (Å²) in [6.07, 6.45) is 1.46. The van der Waals surface area contributed by atoms with Gasteiger partial charge in [-0.25, -0.2) is 13.1 Å². The molecular weight excluding hydrogens is 310 g/mol. The number of benzene rings is 1. The van der Waals surface area contributed by atoms with Crippen molar-refractivity contribution in [1.29, 1.82) is 0 Å². The summed E-state index contributed by atoms with van der Waals surface area (Å²) in [4.78, 5) is 0. The van der Waals surface area contributed by atoms with Crippen LogP contribution in [-0.4, -0.2) is 33.3 Å². The molecule has 0 aliphatic carbocycles. The van der Waals surface area contributed by atoms with Gasteiger partial charge in [0.05, 0.1) is 5.69 Å². The second-order valence-corrected chi connectivity index (χ2v) is 6.15. The molecule has 9 heteroatoms. The van der Waals surface area contributed by atoms with Gasteiger partial charge in [-0.1, -0.05) is 15.9 Å². The normalized spacial score (nSPS) is 11.4. The van der Waals surface area contributed by atoms with E-state index in [2.05, 4.69) is 36.2 Å². The largest absolute Gasteiger partial charge is 0.283 e. The third-order valence-electron chi connectivity index (χ3n) is 1.90. The van der Waals surface area contributed by atoms with Crippen LogP contribution in [0.1, 0.15) is 0 Å². The maximum Gasteiger partial charge on any atom is 0.242 e. The summed E-state index contributed by atoms with van der Waals surface area (Å²) in [5, 5.41) is 10.7. The molecule has 1 aromatic heterocycles. The third kappa shape index (κ3) is 3.01. The van der Waals surface area contributed by atoms with Crippen molar-refractivity contribution >= 4 is 31.6 Å². The molecule has 0 radical (unpaired) electrons. The molecule has 0 aliphatic rings. The number of sulfonamides is 1. The maximum atomic E-state index is 11.3. The average Bonchev–Trinajstić information content (AvgIpc) is 2.83. The molecule has 2 rings (SSSR count). The lowest BCUT2D eigenvalue weighted by Crippen LogP contribution is -2.13. The van der Waals surface area contributed by atoms with Gasteiger partial charge in [0, 0.05) is 5.69 Å². The number of rotatable bonds is 4. The van der Waals surface area contributed by atoms with E-state index in [1.165, 1.54) is 11.0 Å². The zero-order valence-corrected chi connectivity index (χ0v) is 10.9. The molecular formula is C8H8BrN5O2S. The van der Waals surface area contributed by atoms with E-state index in [9.17, 15) is 8.42 Å². The Labute approximate surface area is 106 Å². The molecule has 0 bridgehead atoms. The average molecular weight is 318 g/mol. The highest BCUT2D eigenvalue weighted by Crippen LogP contribution is 2.13. The van der Waals surface area contributed by atoms with Gasteiger partial charge in [-0.3, -0.25) is 4.72 Å². The lowest BCUT2D eigenvalue weighted by molar-refractivity contribution is 0.606. The maximum absolute atomic E-state index is 11.3. The van der Waals surface area contributed by atoms with Crippen molar-refractivity contribution in [2.75, 3.05) is 9.38 Å². The van der Waals surface area contributed by atoms with Crippen molar-refractivity contribution in [2.45, 2.75) is 0 Å². The van der Waals surface area contributed by atoms with Crippen molar-refractivity contribution in [3.63, 3.8) is 0 Å². The van der Waals surface area contributed by atoms with E-state index in [-0.39, 0.29) is 4.66 Å². The molecule has 0 atom stereocenters. The standard InChI is InChI=1S/C8H8BrN5O2S/c9-5-17(15,16)11-7-1-3-8(4-2-7)14-6-10-12-13-14/h1-4,6,11H,5H2. The first-order valence-electron chi connectivity index (χ1n) is 4.50. The molecule has 0 amide bonds. The SMILES string of the molecule is O=S(=O)(CBr)Nc1ccc(-n2cnnn2)cc1. The van der Waals surface area contributed by atoms with E-state index in [0.717, 1.165) is 5.69 Å². The minimum absolute atomic E-state index is 0.144. The first kappa shape index (κ1) is 12.0. The molecule has 1 heterocycles.